The van der Waals surface area contributed by atoms with Gasteiger partial charge < -0.3 is 15.2 Å². The molecule has 2 N–H and O–H groups in total. The molecule has 0 aliphatic carbocycles. The van der Waals surface area contributed by atoms with Crippen molar-refractivity contribution in [2.75, 3.05) is 13.1 Å². The smallest absolute Gasteiger partial charge is 0.237 e. The van der Waals surface area contributed by atoms with Crippen molar-refractivity contribution in [2.45, 2.75) is 39.0 Å². The van der Waals surface area contributed by atoms with Crippen LogP contribution in [0.5, 0.6) is 0 Å². The zero-order valence-corrected chi connectivity index (χ0v) is 18.3. The maximum Gasteiger partial charge on any atom is 0.237 e. The second kappa shape index (κ2) is 10.2. The maximum absolute atomic E-state index is 12.6. The fraction of sp³-hybridized carbons (Fsp3) is 0.320. The molecule has 1 saturated heterocycles. The van der Waals surface area contributed by atoms with Crippen LogP contribution in [0.4, 0.5) is 0 Å². The van der Waals surface area contributed by atoms with E-state index in [1.165, 1.54) is 5.56 Å². The van der Waals surface area contributed by atoms with Crippen LogP contribution in [0.2, 0.25) is 0 Å². The lowest BCUT2D eigenvalue weighted by atomic mass is 10.0. The van der Waals surface area contributed by atoms with Crippen LogP contribution in [-0.2, 0) is 29.2 Å². The van der Waals surface area contributed by atoms with E-state index in [-0.39, 0.29) is 18.2 Å². The lowest BCUT2D eigenvalue weighted by Gasteiger charge is -2.34. The molecule has 0 saturated carbocycles. The number of piperazine rings is 1. The molecule has 166 valence electrons. The number of rotatable bonds is 8. The van der Waals surface area contributed by atoms with Gasteiger partial charge in [-0.3, -0.25) is 14.5 Å². The zero-order chi connectivity index (χ0) is 22.3. The molecule has 2 amide bonds. The average Bonchev–Trinajstić information content (AvgIpc) is 3.29. The van der Waals surface area contributed by atoms with E-state index in [2.05, 4.69) is 56.9 Å². The van der Waals surface area contributed by atoms with Crippen LogP contribution in [0, 0.1) is 0 Å². The predicted octanol–water partition coefficient (Wildman–Crippen LogP) is 2.58. The second-order valence-corrected chi connectivity index (χ2v) is 7.95. The zero-order valence-electron chi connectivity index (χ0n) is 18.3. The molecular weight excluding hydrogens is 402 g/mol. The Balaban J connectivity index is 1.38. The van der Waals surface area contributed by atoms with E-state index in [1.54, 1.807) is 6.20 Å². The number of carbonyl (C=O) groups excluding carboxylic acids is 2. The second-order valence-electron chi connectivity index (χ2n) is 7.95. The molecular formula is C25H29N5O2. The summed E-state index contributed by atoms with van der Waals surface area (Å²) in [6, 6.07) is 18.2. The van der Waals surface area contributed by atoms with E-state index < -0.39 is 6.04 Å². The number of hydrogen-bond donors (Lipinski definition) is 2. The van der Waals surface area contributed by atoms with Gasteiger partial charge in [-0.25, -0.2) is 4.98 Å². The minimum absolute atomic E-state index is 0.0950. The lowest BCUT2D eigenvalue weighted by Crippen LogP contribution is -2.56. The number of carbonyl (C=O) groups is 2. The Labute approximate surface area is 188 Å². The normalized spacial score (nSPS) is 16.5. The number of hydrogen-bond acceptors (Lipinski definition) is 4. The molecule has 1 aromatic heterocycles. The van der Waals surface area contributed by atoms with Gasteiger partial charge in [-0.05, 0) is 23.6 Å². The quantitative estimate of drug-likeness (QED) is 0.575. The topological polar surface area (TPSA) is 79.3 Å². The fourth-order valence-corrected chi connectivity index (χ4v) is 4.06. The Kier molecular flexibility index (Phi) is 6.97. The van der Waals surface area contributed by atoms with Gasteiger partial charge in [0.25, 0.3) is 0 Å². The molecule has 1 aliphatic rings. The largest absolute Gasteiger partial charge is 0.353 e. The highest BCUT2D eigenvalue weighted by Gasteiger charge is 2.31. The van der Waals surface area contributed by atoms with Gasteiger partial charge in [0.1, 0.15) is 5.82 Å². The number of nitrogens with one attached hydrogen (secondary N) is 2. The molecule has 2 heterocycles. The van der Waals surface area contributed by atoms with Gasteiger partial charge >= 0.3 is 0 Å². The highest BCUT2D eigenvalue weighted by molar-refractivity contribution is 5.88. The number of imidazole rings is 1. The first kappa shape index (κ1) is 21.8. The maximum atomic E-state index is 12.6. The van der Waals surface area contributed by atoms with Crippen LogP contribution in [-0.4, -0.2) is 45.4 Å². The highest BCUT2D eigenvalue weighted by Crippen LogP contribution is 2.21. The first-order valence-corrected chi connectivity index (χ1v) is 11.1. The van der Waals surface area contributed by atoms with Crippen LogP contribution >= 0.6 is 0 Å². The molecule has 2 aromatic carbocycles. The summed E-state index contributed by atoms with van der Waals surface area (Å²) < 4.78 is 1.99. The fourth-order valence-electron chi connectivity index (χ4n) is 4.06. The van der Waals surface area contributed by atoms with E-state index in [0.717, 1.165) is 23.5 Å². The number of aryl methyl sites for hydroxylation is 1. The van der Waals surface area contributed by atoms with Crippen molar-refractivity contribution in [3.05, 3.63) is 78.4 Å². The Morgan fingerprint density at radius 2 is 1.88 bits per heavy atom. The van der Waals surface area contributed by atoms with Crippen molar-refractivity contribution >= 4 is 11.8 Å². The Morgan fingerprint density at radius 1 is 1.12 bits per heavy atom. The van der Waals surface area contributed by atoms with Gasteiger partial charge in [0, 0.05) is 38.6 Å². The summed E-state index contributed by atoms with van der Waals surface area (Å²) in [6.45, 7) is 5.11. The summed E-state index contributed by atoms with van der Waals surface area (Å²) in [5.41, 5.74) is 3.46. The molecule has 0 unspecified atom stereocenters. The summed E-state index contributed by atoms with van der Waals surface area (Å²) in [5, 5.41) is 5.80. The minimum atomic E-state index is -0.483. The van der Waals surface area contributed by atoms with Crippen molar-refractivity contribution < 1.29 is 9.59 Å². The predicted molar refractivity (Wildman–Crippen MR) is 123 cm³/mol. The highest BCUT2D eigenvalue weighted by atomic mass is 16.2. The number of aromatic nitrogens is 2. The van der Waals surface area contributed by atoms with Gasteiger partial charge in [0.15, 0.2) is 0 Å². The summed E-state index contributed by atoms with van der Waals surface area (Å²) in [7, 11) is 0. The van der Waals surface area contributed by atoms with Crippen molar-refractivity contribution in [2.24, 2.45) is 0 Å². The Hall–Kier alpha value is -3.45. The molecule has 0 radical (unpaired) electrons. The molecule has 7 heteroatoms. The van der Waals surface area contributed by atoms with Gasteiger partial charge in [0.05, 0.1) is 19.0 Å². The molecule has 1 fully saturated rings. The minimum Gasteiger partial charge on any atom is -0.353 e. The van der Waals surface area contributed by atoms with E-state index >= 15 is 0 Å². The van der Waals surface area contributed by atoms with E-state index in [4.69, 9.17) is 0 Å². The van der Waals surface area contributed by atoms with Crippen LogP contribution in [0.1, 0.15) is 24.7 Å². The van der Waals surface area contributed by atoms with Crippen molar-refractivity contribution in [3.63, 3.8) is 0 Å². The van der Waals surface area contributed by atoms with E-state index in [0.29, 0.717) is 26.2 Å². The molecule has 4 rings (SSSR count). The van der Waals surface area contributed by atoms with Crippen LogP contribution in [0.3, 0.4) is 0 Å². The molecule has 0 spiro atoms. The summed E-state index contributed by atoms with van der Waals surface area (Å²) in [6.07, 6.45) is 3.74. The van der Waals surface area contributed by atoms with Gasteiger partial charge in [-0.2, -0.15) is 0 Å². The van der Waals surface area contributed by atoms with E-state index in [9.17, 15) is 9.59 Å². The molecule has 32 heavy (non-hydrogen) atoms. The Morgan fingerprint density at radius 3 is 2.62 bits per heavy atom. The molecule has 1 aliphatic heterocycles. The van der Waals surface area contributed by atoms with Crippen molar-refractivity contribution in [1.82, 2.24) is 25.1 Å². The van der Waals surface area contributed by atoms with E-state index in [1.807, 2.05) is 35.9 Å². The molecule has 1 atom stereocenters. The molecule has 7 nitrogen and oxygen atoms in total. The van der Waals surface area contributed by atoms with Gasteiger partial charge in [0.2, 0.25) is 11.8 Å². The third-order valence-electron chi connectivity index (χ3n) is 5.85. The Bertz CT molecular complexity index is 1050. The lowest BCUT2D eigenvalue weighted by molar-refractivity contribution is -0.134. The van der Waals surface area contributed by atoms with Crippen LogP contribution in [0.25, 0.3) is 11.1 Å². The number of amides is 2. The monoisotopic (exact) mass is 431 g/mol. The SMILES string of the molecule is CCn1ccnc1CNC(=O)C[C@H]1C(=O)NCCN1Cc1ccc(-c2ccccc2)cc1. The van der Waals surface area contributed by atoms with Crippen molar-refractivity contribution in [1.29, 1.82) is 0 Å². The number of nitrogens with zero attached hydrogens (tertiary/aromatic N) is 3. The van der Waals surface area contributed by atoms with Crippen LogP contribution in [0.15, 0.2) is 67.0 Å². The summed E-state index contributed by atoms with van der Waals surface area (Å²) >= 11 is 0. The van der Waals surface area contributed by atoms with Crippen molar-refractivity contribution in [3.8, 4) is 11.1 Å². The van der Waals surface area contributed by atoms with Gasteiger partial charge in [-0.15, -0.1) is 0 Å². The average molecular weight is 432 g/mol. The molecule has 3 aromatic rings. The van der Waals surface area contributed by atoms with Gasteiger partial charge in [-0.1, -0.05) is 54.6 Å². The molecule has 0 bridgehead atoms. The first-order valence-electron chi connectivity index (χ1n) is 11.1. The van der Waals surface area contributed by atoms with Crippen LogP contribution < -0.4 is 10.6 Å². The standard InChI is InChI=1S/C25H29N5O2/c1-2-29-14-12-26-23(29)17-28-24(31)16-22-25(32)27-13-15-30(22)18-19-8-10-21(11-9-19)20-6-4-3-5-7-20/h3-12,14,22H,2,13,15-18H2,1H3,(H,27,32)(H,28,31)/t22-/m0/s1. The third-order valence-corrected chi connectivity index (χ3v) is 5.85. The summed E-state index contributed by atoms with van der Waals surface area (Å²) in [4.78, 5) is 31.5. The number of benzene rings is 2. The first-order chi connectivity index (χ1) is 15.6. The third kappa shape index (κ3) is 5.23. The summed E-state index contributed by atoms with van der Waals surface area (Å²) in [5.74, 6) is 0.564.